The van der Waals surface area contributed by atoms with E-state index in [0.717, 1.165) is 28.9 Å². The number of carboxylic acid groups (broad SMARTS) is 1. The molecule has 1 aromatic carbocycles. The number of likely N-dealkylation sites (tertiary alicyclic amines) is 1. The predicted molar refractivity (Wildman–Crippen MR) is 106 cm³/mol. The average molecular weight is 407 g/mol. The van der Waals surface area contributed by atoms with E-state index in [0.29, 0.717) is 30.8 Å². The van der Waals surface area contributed by atoms with Crippen molar-refractivity contribution in [3.05, 3.63) is 59.4 Å². The van der Waals surface area contributed by atoms with Crippen LogP contribution in [0.2, 0.25) is 0 Å². The van der Waals surface area contributed by atoms with E-state index in [-0.39, 0.29) is 11.9 Å². The lowest BCUT2D eigenvalue weighted by molar-refractivity contribution is -0.134. The van der Waals surface area contributed by atoms with Crippen molar-refractivity contribution < 1.29 is 24.2 Å². The molecule has 3 aliphatic rings. The molecule has 154 valence electrons. The minimum Gasteiger partial charge on any atom is -0.465 e. The molecular formula is C22H21N3O5. The number of fused-ring (bicyclic) bond motifs is 2. The first-order valence-electron chi connectivity index (χ1n) is 9.91. The number of amides is 2. The fraction of sp³-hybridized carbons (Fsp3) is 0.364. The summed E-state index contributed by atoms with van der Waals surface area (Å²) in [4.78, 5) is 43.8. The van der Waals surface area contributed by atoms with Crippen molar-refractivity contribution in [1.29, 1.82) is 0 Å². The zero-order valence-electron chi connectivity index (χ0n) is 16.5. The Hall–Kier alpha value is -3.42. The first-order chi connectivity index (χ1) is 14.4. The molecule has 2 aromatic rings. The summed E-state index contributed by atoms with van der Waals surface area (Å²) in [5, 5.41) is 9.12. The van der Waals surface area contributed by atoms with Crippen LogP contribution in [-0.4, -0.2) is 53.1 Å². The van der Waals surface area contributed by atoms with Gasteiger partial charge in [0.05, 0.1) is 17.5 Å². The molecule has 5 rings (SSSR count). The molecule has 2 fully saturated rings. The third kappa shape index (κ3) is 2.59. The third-order valence-electron chi connectivity index (χ3n) is 6.59. The zero-order valence-corrected chi connectivity index (χ0v) is 16.5. The fourth-order valence-electron chi connectivity index (χ4n) is 4.67. The van der Waals surface area contributed by atoms with Gasteiger partial charge in [-0.3, -0.25) is 14.7 Å². The lowest BCUT2D eigenvalue weighted by Gasteiger charge is -2.27. The highest BCUT2D eigenvalue weighted by atomic mass is 16.6. The van der Waals surface area contributed by atoms with Crippen LogP contribution in [0.1, 0.15) is 40.7 Å². The van der Waals surface area contributed by atoms with Gasteiger partial charge in [0.1, 0.15) is 0 Å². The Morgan fingerprint density at radius 1 is 1.17 bits per heavy atom. The van der Waals surface area contributed by atoms with Gasteiger partial charge in [0.15, 0.2) is 5.60 Å². The van der Waals surface area contributed by atoms with E-state index in [1.807, 2.05) is 12.1 Å². The van der Waals surface area contributed by atoms with Crippen LogP contribution in [0.3, 0.4) is 0 Å². The number of carbonyl (C=O) groups is 3. The number of ether oxygens (including phenoxy) is 1. The van der Waals surface area contributed by atoms with Crippen molar-refractivity contribution in [3.63, 3.8) is 0 Å². The van der Waals surface area contributed by atoms with Gasteiger partial charge in [-0.15, -0.1) is 0 Å². The molecule has 2 amide bonds. The SMILES string of the molecule is CN(C(=O)O)c1ccc(C2(C(=O)N3CC[C@@]4(C3)OC(=O)c3cnccc34)CC2)cc1. The summed E-state index contributed by atoms with van der Waals surface area (Å²) in [6.07, 6.45) is 4.21. The van der Waals surface area contributed by atoms with Crippen LogP contribution in [0.4, 0.5) is 10.5 Å². The highest BCUT2D eigenvalue weighted by molar-refractivity contribution is 5.95. The standard InChI is InChI=1S/C22H21N3O5/c1-24(20(28)29)15-4-2-14(3-5-15)21(7-8-21)19(27)25-11-9-22(13-25)17-6-10-23-12-16(17)18(26)30-22/h2-6,10,12H,7-9,11,13H2,1H3,(H,28,29)/t22-/m0/s1. The lowest BCUT2D eigenvalue weighted by Crippen LogP contribution is -2.40. The van der Waals surface area contributed by atoms with Crippen LogP contribution >= 0.6 is 0 Å². The largest absolute Gasteiger partial charge is 0.465 e. The molecule has 1 aromatic heterocycles. The van der Waals surface area contributed by atoms with E-state index >= 15 is 0 Å². The Balaban J connectivity index is 1.37. The van der Waals surface area contributed by atoms with Gasteiger partial charge in [-0.2, -0.15) is 0 Å². The van der Waals surface area contributed by atoms with E-state index in [1.165, 1.54) is 13.2 Å². The van der Waals surface area contributed by atoms with Crippen LogP contribution in [0, 0.1) is 0 Å². The van der Waals surface area contributed by atoms with Gasteiger partial charge < -0.3 is 14.7 Å². The number of esters is 1. The molecule has 0 radical (unpaired) electrons. The normalized spacial score (nSPS) is 23.2. The minimum atomic E-state index is -1.04. The van der Waals surface area contributed by atoms with E-state index < -0.39 is 17.1 Å². The summed E-state index contributed by atoms with van der Waals surface area (Å²) in [6, 6.07) is 8.93. The predicted octanol–water partition coefficient (Wildman–Crippen LogP) is 2.53. The van der Waals surface area contributed by atoms with Crippen molar-refractivity contribution in [3.8, 4) is 0 Å². The fourth-order valence-corrected chi connectivity index (χ4v) is 4.67. The lowest BCUT2D eigenvalue weighted by atomic mass is 9.92. The Kier molecular flexibility index (Phi) is 3.90. The second-order valence-electron chi connectivity index (χ2n) is 8.25. The molecule has 8 heteroatoms. The molecule has 1 spiro atoms. The smallest absolute Gasteiger partial charge is 0.411 e. The maximum absolute atomic E-state index is 13.5. The Morgan fingerprint density at radius 2 is 1.90 bits per heavy atom. The monoisotopic (exact) mass is 407 g/mol. The summed E-state index contributed by atoms with van der Waals surface area (Å²) in [6.45, 7) is 0.867. The number of hydrogen-bond donors (Lipinski definition) is 1. The molecule has 1 N–H and O–H groups in total. The van der Waals surface area contributed by atoms with Crippen molar-refractivity contribution in [2.45, 2.75) is 30.3 Å². The number of hydrogen-bond acceptors (Lipinski definition) is 5. The summed E-state index contributed by atoms with van der Waals surface area (Å²) < 4.78 is 5.73. The first-order valence-corrected chi connectivity index (χ1v) is 9.91. The van der Waals surface area contributed by atoms with E-state index in [1.54, 1.807) is 29.3 Å². The third-order valence-corrected chi connectivity index (χ3v) is 6.59. The summed E-state index contributed by atoms with van der Waals surface area (Å²) in [7, 11) is 1.48. The van der Waals surface area contributed by atoms with Crippen LogP contribution < -0.4 is 4.90 Å². The van der Waals surface area contributed by atoms with Gasteiger partial charge in [0, 0.05) is 43.7 Å². The molecule has 1 saturated carbocycles. The van der Waals surface area contributed by atoms with Gasteiger partial charge in [0.2, 0.25) is 5.91 Å². The molecule has 8 nitrogen and oxygen atoms in total. The molecule has 30 heavy (non-hydrogen) atoms. The van der Waals surface area contributed by atoms with Crippen LogP contribution in [-0.2, 0) is 20.5 Å². The molecule has 0 unspecified atom stereocenters. The minimum absolute atomic E-state index is 0.0391. The maximum atomic E-state index is 13.5. The van der Waals surface area contributed by atoms with Gasteiger partial charge in [-0.1, -0.05) is 12.1 Å². The molecule has 2 aliphatic heterocycles. The van der Waals surface area contributed by atoms with E-state index in [9.17, 15) is 14.4 Å². The van der Waals surface area contributed by atoms with Gasteiger partial charge in [0.25, 0.3) is 0 Å². The van der Waals surface area contributed by atoms with Crippen molar-refractivity contribution in [2.24, 2.45) is 0 Å². The van der Waals surface area contributed by atoms with Crippen LogP contribution in [0.5, 0.6) is 0 Å². The van der Waals surface area contributed by atoms with Gasteiger partial charge in [-0.25, -0.2) is 9.59 Å². The quantitative estimate of drug-likeness (QED) is 0.785. The summed E-state index contributed by atoms with van der Waals surface area (Å²) >= 11 is 0. The highest BCUT2D eigenvalue weighted by Gasteiger charge is 2.57. The highest BCUT2D eigenvalue weighted by Crippen LogP contribution is 2.52. The average Bonchev–Trinajstić information content (AvgIpc) is 3.39. The topological polar surface area (TPSA) is 100 Å². The summed E-state index contributed by atoms with van der Waals surface area (Å²) in [5.41, 5.74) is 1.38. The molecular weight excluding hydrogens is 386 g/mol. The second-order valence-corrected chi connectivity index (χ2v) is 8.25. The number of carbonyl (C=O) groups excluding carboxylic acids is 2. The molecule has 1 aliphatic carbocycles. The molecule has 3 heterocycles. The number of nitrogens with zero attached hydrogens (tertiary/aromatic N) is 3. The maximum Gasteiger partial charge on any atom is 0.411 e. The molecule has 1 saturated heterocycles. The molecule has 0 bridgehead atoms. The number of aromatic nitrogens is 1. The van der Waals surface area contributed by atoms with Crippen molar-refractivity contribution in [2.75, 3.05) is 25.0 Å². The van der Waals surface area contributed by atoms with Crippen molar-refractivity contribution >= 4 is 23.7 Å². The van der Waals surface area contributed by atoms with E-state index in [4.69, 9.17) is 9.84 Å². The summed E-state index contributed by atoms with van der Waals surface area (Å²) in [5.74, 6) is -0.344. The van der Waals surface area contributed by atoms with E-state index in [2.05, 4.69) is 4.98 Å². The Morgan fingerprint density at radius 3 is 2.57 bits per heavy atom. The second kappa shape index (κ2) is 6.29. The van der Waals surface area contributed by atoms with Gasteiger partial charge >= 0.3 is 12.1 Å². The Labute approximate surface area is 173 Å². The zero-order chi connectivity index (χ0) is 21.1. The first kappa shape index (κ1) is 18.6. The van der Waals surface area contributed by atoms with Crippen LogP contribution in [0.15, 0.2) is 42.7 Å². The Bertz CT molecular complexity index is 1060. The number of benzene rings is 1. The number of rotatable bonds is 3. The van der Waals surface area contributed by atoms with Gasteiger partial charge in [-0.05, 0) is 36.6 Å². The van der Waals surface area contributed by atoms with Crippen molar-refractivity contribution in [1.82, 2.24) is 9.88 Å². The molecule has 1 atom stereocenters. The van der Waals surface area contributed by atoms with Crippen LogP contribution in [0.25, 0.3) is 0 Å². The number of pyridine rings is 1. The number of anilines is 1.